The van der Waals surface area contributed by atoms with E-state index in [0.717, 1.165) is 10.4 Å². The number of nitrogens with one attached hydrogen (secondary N) is 2. The zero-order chi connectivity index (χ0) is 23.1. The van der Waals surface area contributed by atoms with Gasteiger partial charge in [-0.1, -0.05) is 12.1 Å². The van der Waals surface area contributed by atoms with Crippen LogP contribution < -0.4 is 14.8 Å². The average molecular weight is 481 g/mol. The lowest BCUT2D eigenvalue weighted by Gasteiger charge is -2.12. The van der Waals surface area contributed by atoms with E-state index in [9.17, 15) is 13.2 Å². The van der Waals surface area contributed by atoms with Gasteiger partial charge < -0.3 is 10.1 Å². The van der Waals surface area contributed by atoms with Crippen LogP contribution in [-0.4, -0.2) is 24.3 Å². The van der Waals surface area contributed by atoms with Crippen molar-refractivity contribution >= 4 is 33.1 Å². The van der Waals surface area contributed by atoms with Crippen LogP contribution in [0.15, 0.2) is 89.5 Å². The maximum absolute atomic E-state index is 12.8. The van der Waals surface area contributed by atoms with Gasteiger partial charge in [0.25, 0.3) is 5.91 Å². The van der Waals surface area contributed by atoms with Gasteiger partial charge in [-0.25, -0.2) is 18.1 Å². The van der Waals surface area contributed by atoms with E-state index < -0.39 is 15.9 Å². The first-order valence-corrected chi connectivity index (χ1v) is 12.3. The predicted molar refractivity (Wildman–Crippen MR) is 126 cm³/mol. The van der Waals surface area contributed by atoms with Crippen molar-refractivity contribution in [3.8, 4) is 5.75 Å². The Balaban J connectivity index is 1.46. The molecule has 0 aliphatic heterocycles. The molecule has 0 atom stereocenters. The minimum absolute atomic E-state index is 0.00175. The summed E-state index contributed by atoms with van der Waals surface area (Å²) in [6.07, 6.45) is 4.87. The maximum Gasteiger partial charge on any atom is 0.256 e. The molecule has 2 N–H and O–H groups in total. The van der Waals surface area contributed by atoms with Crippen molar-refractivity contribution in [3.05, 3.63) is 101 Å². The molecule has 1 aromatic carbocycles. The second-order valence-corrected chi connectivity index (χ2v) is 9.68. The number of hydrogen-bond donors (Lipinski definition) is 2. The molecule has 1 amide bonds. The molecule has 10 heteroatoms. The summed E-state index contributed by atoms with van der Waals surface area (Å²) in [5.74, 6) is 0.127. The van der Waals surface area contributed by atoms with Crippen LogP contribution in [0.2, 0.25) is 0 Å². The highest BCUT2D eigenvalue weighted by molar-refractivity contribution is 7.89. The van der Waals surface area contributed by atoms with Crippen LogP contribution in [0.25, 0.3) is 0 Å². The summed E-state index contributed by atoms with van der Waals surface area (Å²) in [6.45, 7) is 0.462. The fourth-order valence-corrected chi connectivity index (χ4v) is 4.68. The van der Waals surface area contributed by atoms with Crippen LogP contribution in [0.1, 0.15) is 20.8 Å². The number of nitrogens with zero attached hydrogens (tertiary/aromatic N) is 2. The summed E-state index contributed by atoms with van der Waals surface area (Å²) in [5, 5.41) is 4.57. The van der Waals surface area contributed by atoms with Crippen molar-refractivity contribution < 1.29 is 17.9 Å². The van der Waals surface area contributed by atoms with Crippen LogP contribution in [-0.2, 0) is 23.2 Å². The number of rotatable bonds is 9. The monoisotopic (exact) mass is 480 g/mol. The number of amides is 1. The number of carbonyl (C=O) groups excluding carboxylic acids is 1. The quantitative estimate of drug-likeness (QED) is 0.377. The van der Waals surface area contributed by atoms with E-state index in [4.69, 9.17) is 4.74 Å². The van der Waals surface area contributed by atoms with Crippen LogP contribution >= 0.6 is 11.3 Å². The second-order valence-electron chi connectivity index (χ2n) is 6.88. The molecule has 168 valence electrons. The molecule has 0 aliphatic rings. The lowest BCUT2D eigenvalue weighted by atomic mass is 10.2. The Morgan fingerprint density at radius 3 is 2.64 bits per heavy atom. The van der Waals surface area contributed by atoms with Crippen LogP contribution in [0.4, 0.5) is 5.82 Å². The molecule has 0 radical (unpaired) electrons. The smallest absolute Gasteiger partial charge is 0.256 e. The van der Waals surface area contributed by atoms with E-state index in [0.29, 0.717) is 5.75 Å². The van der Waals surface area contributed by atoms with Gasteiger partial charge in [-0.15, -0.1) is 11.3 Å². The lowest BCUT2D eigenvalue weighted by molar-refractivity contribution is 0.102. The minimum atomic E-state index is -3.78. The fraction of sp³-hybridized carbons (Fsp3) is 0.0870. The molecule has 8 nitrogen and oxygen atoms in total. The number of aromatic nitrogens is 2. The highest BCUT2D eigenvalue weighted by Gasteiger charge is 2.17. The third-order valence-corrected chi connectivity index (χ3v) is 6.84. The van der Waals surface area contributed by atoms with Crippen LogP contribution in [0.3, 0.4) is 0 Å². The average Bonchev–Trinajstić information content (AvgIpc) is 3.37. The Bertz CT molecular complexity index is 1330. The van der Waals surface area contributed by atoms with Crippen molar-refractivity contribution in [2.24, 2.45) is 0 Å². The third-order valence-electron chi connectivity index (χ3n) is 4.57. The fourth-order valence-electron chi connectivity index (χ4n) is 2.89. The van der Waals surface area contributed by atoms with Crippen molar-refractivity contribution in [1.82, 2.24) is 14.7 Å². The summed E-state index contributed by atoms with van der Waals surface area (Å²) in [4.78, 5) is 21.9. The number of benzene rings is 1. The van der Waals surface area contributed by atoms with Gasteiger partial charge in [-0.3, -0.25) is 9.78 Å². The van der Waals surface area contributed by atoms with E-state index >= 15 is 0 Å². The number of pyridine rings is 2. The van der Waals surface area contributed by atoms with Gasteiger partial charge in [0.15, 0.2) is 11.6 Å². The Kier molecular flexibility index (Phi) is 7.08. The van der Waals surface area contributed by atoms with Crippen molar-refractivity contribution in [3.63, 3.8) is 0 Å². The number of hydrogen-bond acceptors (Lipinski definition) is 7. The normalized spacial score (nSPS) is 11.2. The Labute approximate surface area is 195 Å². The lowest BCUT2D eigenvalue weighted by Crippen LogP contribution is -2.23. The summed E-state index contributed by atoms with van der Waals surface area (Å²) in [6, 6.07) is 16.6. The summed E-state index contributed by atoms with van der Waals surface area (Å²) in [5.41, 5.74) is 1.10. The highest BCUT2D eigenvalue weighted by atomic mass is 32.2. The molecule has 4 rings (SSSR count). The first-order valence-electron chi connectivity index (χ1n) is 9.91. The summed E-state index contributed by atoms with van der Waals surface area (Å²) in [7, 11) is -3.78. The molecule has 33 heavy (non-hydrogen) atoms. The zero-order valence-corrected chi connectivity index (χ0v) is 19.0. The van der Waals surface area contributed by atoms with Gasteiger partial charge in [-0.2, -0.15) is 0 Å². The number of thiophene rings is 1. The van der Waals surface area contributed by atoms with Gasteiger partial charge >= 0.3 is 0 Å². The molecule has 4 aromatic rings. The molecule has 0 saturated carbocycles. The van der Waals surface area contributed by atoms with Crippen LogP contribution in [0.5, 0.6) is 5.75 Å². The van der Waals surface area contributed by atoms with Gasteiger partial charge in [-0.05, 0) is 59.5 Å². The van der Waals surface area contributed by atoms with E-state index in [1.54, 1.807) is 24.5 Å². The standard InChI is InChI=1S/C23H20N4O4S2/c28-23(27-22-21(7-2-10-25-22)31-16-17-8-11-24-12-9-17)18-4-1-6-20(14-18)33(29,30)26-15-19-5-3-13-32-19/h1-14,26H,15-16H2,(H,25,27,28). The van der Waals surface area contributed by atoms with Gasteiger partial charge in [0.1, 0.15) is 6.61 Å². The molecule has 0 fully saturated rings. The SMILES string of the molecule is O=C(Nc1ncccc1OCc1ccncc1)c1cccc(S(=O)(=O)NCc2cccs2)c1. The van der Waals surface area contributed by atoms with Gasteiger partial charge in [0.05, 0.1) is 4.90 Å². The second kappa shape index (κ2) is 10.3. The predicted octanol–water partition coefficient (Wildman–Crippen LogP) is 3.85. The van der Waals surface area contributed by atoms with E-state index in [1.165, 1.54) is 41.8 Å². The van der Waals surface area contributed by atoms with Gasteiger partial charge in [0.2, 0.25) is 10.0 Å². The number of sulfonamides is 1. The van der Waals surface area contributed by atoms with Crippen molar-refractivity contribution in [2.45, 2.75) is 18.0 Å². The largest absolute Gasteiger partial charge is 0.485 e. The van der Waals surface area contributed by atoms with E-state index in [-0.39, 0.29) is 29.4 Å². The maximum atomic E-state index is 12.8. The number of carbonyl (C=O) groups is 1. The van der Waals surface area contributed by atoms with Crippen molar-refractivity contribution in [1.29, 1.82) is 0 Å². The van der Waals surface area contributed by atoms with E-state index in [1.807, 2.05) is 29.6 Å². The first kappa shape index (κ1) is 22.6. The molecular formula is C23H20N4O4S2. The topological polar surface area (TPSA) is 110 Å². The molecule has 0 unspecified atom stereocenters. The summed E-state index contributed by atoms with van der Waals surface area (Å²) >= 11 is 1.46. The van der Waals surface area contributed by atoms with Gasteiger partial charge in [0, 0.05) is 35.6 Å². The first-order chi connectivity index (χ1) is 16.0. The third kappa shape index (κ3) is 6.01. The number of anilines is 1. The molecule has 3 heterocycles. The van der Waals surface area contributed by atoms with E-state index in [2.05, 4.69) is 20.0 Å². The Hall–Kier alpha value is -3.60. The van der Waals surface area contributed by atoms with Crippen LogP contribution in [0, 0.1) is 0 Å². The summed E-state index contributed by atoms with van der Waals surface area (Å²) < 4.78 is 33.7. The molecule has 0 bridgehead atoms. The highest BCUT2D eigenvalue weighted by Crippen LogP contribution is 2.23. The molecule has 0 aliphatic carbocycles. The minimum Gasteiger partial charge on any atom is -0.485 e. The Morgan fingerprint density at radius 1 is 1.00 bits per heavy atom. The molecule has 3 aromatic heterocycles. The molecule has 0 spiro atoms. The molecular weight excluding hydrogens is 460 g/mol. The Morgan fingerprint density at radius 2 is 1.85 bits per heavy atom. The molecule has 0 saturated heterocycles. The zero-order valence-electron chi connectivity index (χ0n) is 17.3. The number of ether oxygens (including phenoxy) is 1. The van der Waals surface area contributed by atoms with Crippen molar-refractivity contribution in [2.75, 3.05) is 5.32 Å².